The summed E-state index contributed by atoms with van der Waals surface area (Å²) in [4.78, 5) is 12.6. The number of rotatable bonds is 3. The van der Waals surface area contributed by atoms with Crippen LogP contribution < -0.4 is 11.1 Å². The van der Waals surface area contributed by atoms with Crippen molar-refractivity contribution in [3.63, 3.8) is 0 Å². The van der Waals surface area contributed by atoms with Crippen LogP contribution in [0.2, 0.25) is 0 Å². The van der Waals surface area contributed by atoms with E-state index in [1.807, 2.05) is 17.5 Å². The lowest BCUT2D eigenvalue weighted by Gasteiger charge is -2.01. The zero-order valence-corrected chi connectivity index (χ0v) is 10.4. The summed E-state index contributed by atoms with van der Waals surface area (Å²) >= 11 is 1.37. The van der Waals surface area contributed by atoms with Crippen molar-refractivity contribution in [2.75, 3.05) is 6.54 Å². The summed E-state index contributed by atoms with van der Waals surface area (Å²) in [7, 11) is 0. The van der Waals surface area contributed by atoms with Gasteiger partial charge in [0.15, 0.2) is 0 Å². The molecule has 2 heterocycles. The van der Waals surface area contributed by atoms with Gasteiger partial charge in [-0.05, 0) is 17.5 Å². The molecule has 0 aromatic carbocycles. The Kier molecular flexibility index (Phi) is 4.18. The van der Waals surface area contributed by atoms with Crippen molar-refractivity contribution in [2.45, 2.75) is 6.54 Å². The molecule has 2 rings (SSSR count). The molecule has 18 heavy (non-hydrogen) atoms. The van der Waals surface area contributed by atoms with Crippen LogP contribution in [0.25, 0.3) is 0 Å². The van der Waals surface area contributed by atoms with E-state index in [2.05, 4.69) is 17.2 Å². The van der Waals surface area contributed by atoms with Crippen LogP contribution in [0.4, 0.5) is 0 Å². The third kappa shape index (κ3) is 3.00. The lowest BCUT2D eigenvalue weighted by Crippen LogP contribution is -2.22. The average molecular weight is 260 g/mol. The number of hydrogen-bond acceptors (Lipinski definition) is 4. The molecule has 5 heteroatoms. The maximum absolute atomic E-state index is 12.0. The molecule has 92 valence electrons. The van der Waals surface area contributed by atoms with Crippen molar-refractivity contribution in [1.82, 2.24) is 5.32 Å². The number of thiophene rings is 1. The van der Waals surface area contributed by atoms with Gasteiger partial charge in [-0.25, -0.2) is 0 Å². The first-order valence-corrected chi connectivity index (χ1v) is 6.25. The summed E-state index contributed by atoms with van der Waals surface area (Å²) in [5.41, 5.74) is 6.96. The van der Waals surface area contributed by atoms with Gasteiger partial charge in [-0.1, -0.05) is 11.8 Å². The molecule has 0 aliphatic heterocycles. The molecular weight excluding hydrogens is 248 g/mol. The van der Waals surface area contributed by atoms with E-state index in [0.29, 0.717) is 11.4 Å². The molecule has 0 radical (unpaired) electrons. The molecule has 0 unspecified atom stereocenters. The van der Waals surface area contributed by atoms with Crippen LogP contribution in [0.1, 0.15) is 20.8 Å². The smallest absolute Gasteiger partial charge is 0.262 e. The second-order valence-corrected chi connectivity index (χ2v) is 4.40. The van der Waals surface area contributed by atoms with Gasteiger partial charge >= 0.3 is 0 Å². The number of furan rings is 1. The van der Waals surface area contributed by atoms with Gasteiger partial charge in [-0.15, -0.1) is 11.3 Å². The van der Waals surface area contributed by atoms with Gasteiger partial charge in [0.1, 0.15) is 4.88 Å². The Morgan fingerprint density at radius 2 is 2.39 bits per heavy atom. The zero-order valence-electron chi connectivity index (χ0n) is 9.60. The maximum atomic E-state index is 12.0. The first kappa shape index (κ1) is 12.4. The summed E-state index contributed by atoms with van der Waals surface area (Å²) in [6.45, 7) is 0.725. The molecule has 0 aliphatic carbocycles. The van der Waals surface area contributed by atoms with Crippen molar-refractivity contribution >= 4 is 17.2 Å². The van der Waals surface area contributed by atoms with Crippen LogP contribution in [-0.4, -0.2) is 12.5 Å². The van der Waals surface area contributed by atoms with Crippen molar-refractivity contribution < 1.29 is 9.21 Å². The van der Waals surface area contributed by atoms with E-state index >= 15 is 0 Å². The minimum Gasteiger partial charge on any atom is -0.472 e. The molecule has 0 fully saturated rings. The quantitative estimate of drug-likeness (QED) is 0.823. The van der Waals surface area contributed by atoms with Crippen molar-refractivity contribution in [3.8, 4) is 11.8 Å². The first-order chi connectivity index (χ1) is 8.81. The van der Waals surface area contributed by atoms with Gasteiger partial charge in [0, 0.05) is 17.7 Å². The monoisotopic (exact) mass is 260 g/mol. The molecule has 2 aromatic rings. The first-order valence-electron chi connectivity index (χ1n) is 5.37. The van der Waals surface area contributed by atoms with Crippen molar-refractivity contribution in [2.24, 2.45) is 5.73 Å². The second kappa shape index (κ2) is 6.05. The number of carbonyl (C=O) groups is 1. The minimum absolute atomic E-state index is 0.132. The van der Waals surface area contributed by atoms with Crippen molar-refractivity contribution in [1.29, 1.82) is 0 Å². The van der Waals surface area contributed by atoms with Crippen LogP contribution in [0.3, 0.4) is 0 Å². The Balaban J connectivity index is 2.02. The van der Waals surface area contributed by atoms with Gasteiger partial charge in [0.2, 0.25) is 0 Å². The fraction of sp³-hybridized carbons (Fsp3) is 0.154. The van der Waals surface area contributed by atoms with E-state index < -0.39 is 0 Å². The van der Waals surface area contributed by atoms with Gasteiger partial charge in [-0.3, -0.25) is 4.79 Å². The lowest BCUT2D eigenvalue weighted by atomic mass is 10.2. The van der Waals surface area contributed by atoms with Crippen LogP contribution >= 0.6 is 11.3 Å². The topological polar surface area (TPSA) is 68.3 Å². The Morgan fingerprint density at radius 3 is 3.11 bits per heavy atom. The number of carbonyl (C=O) groups excluding carboxylic acids is 1. The molecule has 0 saturated carbocycles. The lowest BCUT2D eigenvalue weighted by molar-refractivity contribution is 0.0955. The number of amides is 1. The summed E-state index contributed by atoms with van der Waals surface area (Å²) in [5, 5.41) is 4.66. The number of hydrogen-bond donors (Lipinski definition) is 2. The predicted molar refractivity (Wildman–Crippen MR) is 70.1 cm³/mol. The highest BCUT2D eigenvalue weighted by Gasteiger charge is 2.11. The standard InChI is InChI=1S/C13H12N2O2S/c14-5-1-2-11-4-7-18-12(11)13(16)15-8-10-3-6-17-9-10/h3-4,6-7,9H,5,8,14H2,(H,15,16). The minimum atomic E-state index is -0.132. The fourth-order valence-electron chi connectivity index (χ4n) is 1.39. The van der Waals surface area contributed by atoms with E-state index in [4.69, 9.17) is 10.2 Å². The molecule has 0 aliphatic rings. The van der Waals surface area contributed by atoms with Crippen LogP contribution in [0.5, 0.6) is 0 Å². The predicted octanol–water partition coefficient (Wildman–Crippen LogP) is 1.58. The Labute approximate surface area is 109 Å². The summed E-state index contributed by atoms with van der Waals surface area (Å²) in [6.07, 6.45) is 3.18. The zero-order chi connectivity index (χ0) is 12.8. The number of nitrogens with two attached hydrogens (primary N) is 1. The summed E-state index contributed by atoms with van der Waals surface area (Å²) in [5.74, 6) is 5.50. The fourth-order valence-corrected chi connectivity index (χ4v) is 2.15. The highest BCUT2D eigenvalue weighted by molar-refractivity contribution is 7.12. The number of nitrogens with one attached hydrogen (secondary N) is 1. The summed E-state index contributed by atoms with van der Waals surface area (Å²) in [6, 6.07) is 3.63. The van der Waals surface area contributed by atoms with Crippen LogP contribution in [0.15, 0.2) is 34.5 Å². The van der Waals surface area contributed by atoms with Crippen LogP contribution in [0, 0.1) is 11.8 Å². The Bertz CT molecular complexity index is 576. The van der Waals surface area contributed by atoms with Gasteiger partial charge < -0.3 is 15.5 Å². The Morgan fingerprint density at radius 1 is 1.50 bits per heavy atom. The Hall–Kier alpha value is -2.03. The molecular formula is C13H12N2O2S. The molecule has 0 atom stereocenters. The molecule has 2 aromatic heterocycles. The molecule has 0 spiro atoms. The maximum Gasteiger partial charge on any atom is 0.262 e. The second-order valence-electron chi connectivity index (χ2n) is 3.48. The largest absolute Gasteiger partial charge is 0.472 e. The molecule has 3 N–H and O–H groups in total. The average Bonchev–Trinajstić information content (AvgIpc) is 3.04. The van der Waals surface area contributed by atoms with Crippen molar-refractivity contribution in [3.05, 3.63) is 46.0 Å². The van der Waals surface area contributed by atoms with E-state index in [-0.39, 0.29) is 12.5 Å². The van der Waals surface area contributed by atoms with E-state index in [0.717, 1.165) is 11.1 Å². The third-order valence-corrected chi connectivity index (χ3v) is 3.14. The van der Waals surface area contributed by atoms with E-state index in [9.17, 15) is 4.79 Å². The van der Waals surface area contributed by atoms with E-state index in [1.54, 1.807) is 12.5 Å². The summed E-state index contributed by atoms with van der Waals surface area (Å²) < 4.78 is 4.93. The molecule has 0 bridgehead atoms. The normalized spacial score (nSPS) is 9.61. The van der Waals surface area contributed by atoms with Gasteiger partial charge in [-0.2, -0.15) is 0 Å². The highest BCUT2D eigenvalue weighted by atomic mass is 32.1. The molecule has 1 amide bonds. The van der Waals surface area contributed by atoms with E-state index in [1.165, 1.54) is 11.3 Å². The van der Waals surface area contributed by atoms with Gasteiger partial charge in [0.25, 0.3) is 5.91 Å². The molecule has 0 saturated heterocycles. The van der Waals surface area contributed by atoms with Crippen LogP contribution in [-0.2, 0) is 6.54 Å². The molecule has 4 nitrogen and oxygen atoms in total. The van der Waals surface area contributed by atoms with Gasteiger partial charge in [0.05, 0.1) is 19.1 Å². The highest BCUT2D eigenvalue weighted by Crippen LogP contribution is 2.15. The SMILES string of the molecule is NCC#Cc1ccsc1C(=O)NCc1ccoc1. The third-order valence-electron chi connectivity index (χ3n) is 2.23.